The van der Waals surface area contributed by atoms with Gasteiger partial charge in [-0.3, -0.25) is 4.79 Å². The maximum Gasteiger partial charge on any atom is 0.235 e. The first-order chi connectivity index (χ1) is 10.1. The Kier molecular flexibility index (Phi) is 6.37. The number of carbonyl (C=O) groups is 1. The third-order valence-corrected chi connectivity index (χ3v) is 4.32. The molecule has 0 radical (unpaired) electrons. The summed E-state index contributed by atoms with van der Waals surface area (Å²) in [6.07, 6.45) is 1.17. The molecule has 22 heavy (non-hydrogen) atoms. The first kappa shape index (κ1) is 18.4. The summed E-state index contributed by atoms with van der Waals surface area (Å²) in [6, 6.07) is 7.24. The predicted octanol–water partition coefficient (Wildman–Crippen LogP) is 1.54. The van der Waals surface area contributed by atoms with E-state index in [1.54, 1.807) is 0 Å². The van der Waals surface area contributed by atoms with Gasteiger partial charge in [0.05, 0.1) is 24.9 Å². The molecule has 0 fully saturated rings. The standard InChI is InChI=1S/C15H24N2O4S/c1-11(2)21-14-8-6-13(7-9-14)12(3)16-15(18)10-17(4)22(5,19)20/h6-9,11-12H,10H2,1-5H3,(H,16,18)/t12-/m1/s1. The van der Waals surface area contributed by atoms with Gasteiger partial charge < -0.3 is 10.1 Å². The van der Waals surface area contributed by atoms with Crippen LogP contribution < -0.4 is 10.1 Å². The van der Waals surface area contributed by atoms with Gasteiger partial charge in [-0.15, -0.1) is 0 Å². The second-order valence-electron chi connectivity index (χ2n) is 5.54. The van der Waals surface area contributed by atoms with E-state index in [0.717, 1.165) is 21.9 Å². The first-order valence-corrected chi connectivity index (χ1v) is 8.91. The van der Waals surface area contributed by atoms with Gasteiger partial charge in [0, 0.05) is 7.05 Å². The van der Waals surface area contributed by atoms with Crippen molar-refractivity contribution in [2.24, 2.45) is 0 Å². The SMILES string of the molecule is CC(C)Oc1ccc([C@@H](C)NC(=O)CN(C)S(C)(=O)=O)cc1. The summed E-state index contributed by atoms with van der Waals surface area (Å²) in [6.45, 7) is 5.55. The molecule has 0 unspecified atom stereocenters. The number of hydrogen-bond donors (Lipinski definition) is 1. The Morgan fingerprint density at radius 1 is 1.23 bits per heavy atom. The highest BCUT2D eigenvalue weighted by molar-refractivity contribution is 7.88. The third kappa shape index (κ3) is 6.03. The van der Waals surface area contributed by atoms with Crippen molar-refractivity contribution in [1.29, 1.82) is 0 Å². The molecular weight excluding hydrogens is 304 g/mol. The summed E-state index contributed by atoms with van der Waals surface area (Å²) in [5.74, 6) is 0.428. The molecule has 0 heterocycles. The van der Waals surface area contributed by atoms with E-state index in [4.69, 9.17) is 4.74 Å². The molecule has 0 aliphatic carbocycles. The molecule has 0 bridgehead atoms. The number of sulfonamides is 1. The summed E-state index contributed by atoms with van der Waals surface area (Å²) >= 11 is 0. The van der Waals surface area contributed by atoms with Crippen LogP contribution in [-0.2, 0) is 14.8 Å². The van der Waals surface area contributed by atoms with Crippen molar-refractivity contribution in [3.8, 4) is 5.75 Å². The summed E-state index contributed by atoms with van der Waals surface area (Å²) < 4.78 is 29.1. The Hall–Kier alpha value is -1.60. The van der Waals surface area contributed by atoms with E-state index >= 15 is 0 Å². The fourth-order valence-electron chi connectivity index (χ4n) is 1.80. The van der Waals surface area contributed by atoms with Gasteiger partial charge in [0.15, 0.2) is 0 Å². The average Bonchev–Trinajstić information content (AvgIpc) is 2.37. The van der Waals surface area contributed by atoms with E-state index in [0.29, 0.717) is 0 Å². The van der Waals surface area contributed by atoms with Crippen LogP contribution >= 0.6 is 0 Å². The van der Waals surface area contributed by atoms with Crippen molar-refractivity contribution in [3.05, 3.63) is 29.8 Å². The van der Waals surface area contributed by atoms with Gasteiger partial charge in [0.25, 0.3) is 0 Å². The van der Waals surface area contributed by atoms with Gasteiger partial charge in [-0.2, -0.15) is 4.31 Å². The molecule has 1 N–H and O–H groups in total. The van der Waals surface area contributed by atoms with Gasteiger partial charge in [0.2, 0.25) is 15.9 Å². The maximum atomic E-state index is 11.9. The number of amides is 1. The molecule has 0 aliphatic heterocycles. The Morgan fingerprint density at radius 3 is 2.23 bits per heavy atom. The lowest BCUT2D eigenvalue weighted by molar-refractivity contribution is -0.121. The van der Waals surface area contributed by atoms with E-state index in [-0.39, 0.29) is 24.6 Å². The van der Waals surface area contributed by atoms with Gasteiger partial charge >= 0.3 is 0 Å². The number of rotatable bonds is 7. The van der Waals surface area contributed by atoms with Gasteiger partial charge in [-0.05, 0) is 38.5 Å². The van der Waals surface area contributed by atoms with Crippen LogP contribution in [0.1, 0.15) is 32.4 Å². The van der Waals surface area contributed by atoms with Crippen LogP contribution in [0.2, 0.25) is 0 Å². The highest BCUT2D eigenvalue weighted by Crippen LogP contribution is 2.18. The summed E-state index contributed by atoms with van der Waals surface area (Å²) in [5, 5.41) is 2.77. The summed E-state index contributed by atoms with van der Waals surface area (Å²) in [5.41, 5.74) is 0.923. The molecule has 1 amide bonds. The summed E-state index contributed by atoms with van der Waals surface area (Å²) in [7, 11) is -1.99. The number of carbonyl (C=O) groups excluding carboxylic acids is 1. The van der Waals surface area contributed by atoms with Crippen LogP contribution in [-0.4, -0.2) is 44.6 Å². The van der Waals surface area contributed by atoms with Crippen LogP contribution in [0.25, 0.3) is 0 Å². The zero-order valence-electron chi connectivity index (χ0n) is 13.7. The molecule has 1 atom stereocenters. The Balaban J connectivity index is 2.61. The van der Waals surface area contributed by atoms with E-state index in [9.17, 15) is 13.2 Å². The number of likely N-dealkylation sites (N-methyl/N-ethyl adjacent to an activating group) is 1. The zero-order chi connectivity index (χ0) is 16.9. The third-order valence-electron chi connectivity index (χ3n) is 3.06. The molecule has 0 saturated heterocycles. The smallest absolute Gasteiger partial charge is 0.235 e. The molecule has 7 heteroatoms. The van der Waals surface area contributed by atoms with Crippen molar-refractivity contribution >= 4 is 15.9 Å². The molecule has 0 spiro atoms. The van der Waals surface area contributed by atoms with Crippen LogP contribution in [0.15, 0.2) is 24.3 Å². The molecule has 124 valence electrons. The Bertz CT molecular complexity index is 596. The Labute approximate surface area is 132 Å². The van der Waals surface area contributed by atoms with Crippen molar-refractivity contribution < 1.29 is 17.9 Å². The van der Waals surface area contributed by atoms with Crippen molar-refractivity contribution in [3.63, 3.8) is 0 Å². The fourth-order valence-corrected chi connectivity index (χ4v) is 2.15. The molecular formula is C15H24N2O4S. The second-order valence-corrected chi connectivity index (χ2v) is 7.63. The predicted molar refractivity (Wildman–Crippen MR) is 86.2 cm³/mol. The second kappa shape index (κ2) is 7.60. The van der Waals surface area contributed by atoms with E-state index in [1.165, 1.54) is 7.05 Å². The molecule has 6 nitrogen and oxygen atoms in total. The number of nitrogens with zero attached hydrogens (tertiary/aromatic N) is 1. The van der Waals surface area contributed by atoms with Gasteiger partial charge in [-0.25, -0.2) is 8.42 Å². The molecule has 0 aliphatic rings. The minimum atomic E-state index is -3.36. The zero-order valence-corrected chi connectivity index (χ0v) is 14.5. The van der Waals surface area contributed by atoms with Crippen molar-refractivity contribution in [1.82, 2.24) is 9.62 Å². The van der Waals surface area contributed by atoms with E-state index in [1.807, 2.05) is 45.0 Å². The van der Waals surface area contributed by atoms with E-state index in [2.05, 4.69) is 5.32 Å². The van der Waals surface area contributed by atoms with Crippen LogP contribution in [0.4, 0.5) is 0 Å². The molecule has 0 aromatic heterocycles. The highest BCUT2D eigenvalue weighted by atomic mass is 32.2. The molecule has 1 rings (SSSR count). The first-order valence-electron chi connectivity index (χ1n) is 7.07. The molecule has 1 aromatic rings. The minimum absolute atomic E-state index is 0.106. The lowest BCUT2D eigenvalue weighted by Crippen LogP contribution is -2.38. The lowest BCUT2D eigenvalue weighted by Gasteiger charge is -2.18. The normalized spacial score (nSPS) is 13.2. The van der Waals surface area contributed by atoms with Crippen LogP contribution in [0.3, 0.4) is 0 Å². The monoisotopic (exact) mass is 328 g/mol. The molecule has 0 saturated carbocycles. The quantitative estimate of drug-likeness (QED) is 0.824. The topological polar surface area (TPSA) is 75.7 Å². The van der Waals surface area contributed by atoms with E-state index < -0.39 is 10.0 Å². The number of hydrogen-bond acceptors (Lipinski definition) is 4. The average molecular weight is 328 g/mol. The van der Waals surface area contributed by atoms with Gasteiger partial charge in [0.1, 0.15) is 5.75 Å². The largest absolute Gasteiger partial charge is 0.491 e. The maximum absolute atomic E-state index is 11.9. The Morgan fingerprint density at radius 2 is 1.77 bits per heavy atom. The summed E-state index contributed by atoms with van der Waals surface area (Å²) in [4.78, 5) is 11.9. The fraction of sp³-hybridized carbons (Fsp3) is 0.533. The van der Waals surface area contributed by atoms with Crippen LogP contribution in [0.5, 0.6) is 5.75 Å². The minimum Gasteiger partial charge on any atom is -0.491 e. The molecule has 1 aromatic carbocycles. The number of nitrogens with one attached hydrogen (secondary N) is 1. The number of benzene rings is 1. The highest BCUT2D eigenvalue weighted by Gasteiger charge is 2.17. The number of ether oxygens (including phenoxy) is 1. The van der Waals surface area contributed by atoms with Crippen molar-refractivity contribution in [2.45, 2.75) is 32.9 Å². The van der Waals surface area contributed by atoms with Crippen LogP contribution in [0, 0.1) is 0 Å². The van der Waals surface area contributed by atoms with Crippen molar-refractivity contribution in [2.75, 3.05) is 19.8 Å². The lowest BCUT2D eigenvalue weighted by atomic mass is 10.1. The van der Waals surface area contributed by atoms with Gasteiger partial charge in [-0.1, -0.05) is 12.1 Å².